The maximum absolute atomic E-state index is 12.6. The third-order valence-electron chi connectivity index (χ3n) is 4.47. The second-order valence-electron chi connectivity index (χ2n) is 6.26. The van der Waals surface area contributed by atoms with Crippen LogP contribution in [-0.2, 0) is 19.6 Å². The lowest BCUT2D eigenvalue weighted by molar-refractivity contribution is -0.147. The van der Waals surface area contributed by atoms with E-state index in [9.17, 15) is 23.1 Å². The summed E-state index contributed by atoms with van der Waals surface area (Å²) < 4.78 is 24.9. The van der Waals surface area contributed by atoms with Crippen LogP contribution in [0.1, 0.15) is 32.6 Å². The van der Waals surface area contributed by atoms with Gasteiger partial charge in [-0.3, -0.25) is 9.59 Å². The zero-order valence-electron chi connectivity index (χ0n) is 12.4. The smallest absolute Gasteiger partial charge is 0.311 e. The van der Waals surface area contributed by atoms with Crippen molar-refractivity contribution in [1.29, 1.82) is 0 Å². The van der Waals surface area contributed by atoms with Crippen LogP contribution in [-0.4, -0.2) is 66.5 Å². The second kappa shape index (κ2) is 5.57. The average molecular weight is 318 g/mol. The van der Waals surface area contributed by atoms with Crippen LogP contribution in [0.3, 0.4) is 0 Å². The highest BCUT2D eigenvalue weighted by molar-refractivity contribution is 7.88. The van der Waals surface area contributed by atoms with Crippen molar-refractivity contribution in [3.05, 3.63) is 0 Å². The number of piperidine rings is 1. The first-order valence-electron chi connectivity index (χ1n) is 7.14. The molecule has 1 N–H and O–H groups in total. The highest BCUT2D eigenvalue weighted by atomic mass is 32.2. The van der Waals surface area contributed by atoms with E-state index in [1.54, 1.807) is 6.92 Å². The van der Waals surface area contributed by atoms with Crippen molar-refractivity contribution in [3.63, 3.8) is 0 Å². The molecule has 0 unspecified atom stereocenters. The van der Waals surface area contributed by atoms with Crippen molar-refractivity contribution < 1.29 is 23.1 Å². The lowest BCUT2D eigenvalue weighted by Crippen LogP contribution is -2.52. The molecule has 2 aliphatic heterocycles. The van der Waals surface area contributed by atoms with E-state index in [0.29, 0.717) is 25.9 Å². The topological polar surface area (TPSA) is 95.0 Å². The van der Waals surface area contributed by atoms with Gasteiger partial charge in [-0.1, -0.05) is 6.42 Å². The van der Waals surface area contributed by atoms with Crippen molar-refractivity contribution in [2.75, 3.05) is 25.9 Å². The third kappa shape index (κ3) is 3.21. The van der Waals surface area contributed by atoms with E-state index in [-0.39, 0.29) is 12.5 Å². The summed E-state index contributed by atoms with van der Waals surface area (Å²) in [6.45, 7) is 2.50. The molecule has 0 saturated carbocycles. The molecule has 2 saturated heterocycles. The van der Waals surface area contributed by atoms with Gasteiger partial charge >= 0.3 is 5.97 Å². The number of carboxylic acid groups (broad SMARTS) is 1. The minimum Gasteiger partial charge on any atom is -0.481 e. The number of nitrogens with zero attached hydrogens (tertiary/aromatic N) is 2. The van der Waals surface area contributed by atoms with E-state index in [1.807, 2.05) is 0 Å². The fourth-order valence-electron chi connectivity index (χ4n) is 3.08. The van der Waals surface area contributed by atoms with Crippen LogP contribution in [0.15, 0.2) is 0 Å². The Morgan fingerprint density at radius 3 is 2.43 bits per heavy atom. The molecule has 2 atom stereocenters. The molecule has 120 valence electrons. The molecule has 0 bridgehead atoms. The number of hydrogen-bond donors (Lipinski definition) is 1. The highest BCUT2D eigenvalue weighted by Crippen LogP contribution is 2.32. The van der Waals surface area contributed by atoms with Crippen LogP contribution < -0.4 is 0 Å². The molecule has 2 rings (SSSR count). The van der Waals surface area contributed by atoms with E-state index in [4.69, 9.17) is 0 Å². The second-order valence-corrected chi connectivity index (χ2v) is 8.20. The first-order valence-corrected chi connectivity index (χ1v) is 8.99. The van der Waals surface area contributed by atoms with E-state index < -0.39 is 27.4 Å². The summed E-state index contributed by atoms with van der Waals surface area (Å²) in [5.74, 6) is -1.17. The Kier molecular flexibility index (Phi) is 4.30. The molecule has 0 aromatic heterocycles. The molecule has 0 aromatic carbocycles. The molecule has 0 spiro atoms. The van der Waals surface area contributed by atoms with Crippen LogP contribution in [0.2, 0.25) is 0 Å². The van der Waals surface area contributed by atoms with Crippen molar-refractivity contribution in [1.82, 2.24) is 9.21 Å². The largest absolute Gasteiger partial charge is 0.481 e. The van der Waals surface area contributed by atoms with Gasteiger partial charge in [-0.25, -0.2) is 8.42 Å². The van der Waals surface area contributed by atoms with Gasteiger partial charge in [0.1, 0.15) is 6.04 Å². The summed E-state index contributed by atoms with van der Waals surface area (Å²) in [6, 6.07) is -0.676. The van der Waals surface area contributed by atoms with E-state index in [0.717, 1.165) is 19.1 Å². The molecule has 1 amide bonds. The number of likely N-dealkylation sites (tertiary alicyclic amines) is 1. The molecule has 0 aromatic rings. The molecule has 0 radical (unpaired) electrons. The molecule has 2 fully saturated rings. The lowest BCUT2D eigenvalue weighted by atomic mass is 9.90. The van der Waals surface area contributed by atoms with Crippen LogP contribution in [0.4, 0.5) is 0 Å². The normalized spacial score (nSPS) is 31.3. The van der Waals surface area contributed by atoms with Gasteiger partial charge in [-0.2, -0.15) is 4.31 Å². The Hall–Kier alpha value is -1.15. The molecule has 21 heavy (non-hydrogen) atoms. The fraction of sp³-hybridized carbons (Fsp3) is 0.846. The molecule has 2 heterocycles. The molecular formula is C13H22N2O5S. The SMILES string of the molecule is C[C@]1(C(=O)O)CCN(C(=O)[C@H]2CCCCN2S(C)(=O)=O)C1. The van der Waals surface area contributed by atoms with Crippen molar-refractivity contribution in [2.24, 2.45) is 5.41 Å². The maximum Gasteiger partial charge on any atom is 0.311 e. The van der Waals surface area contributed by atoms with Crippen LogP contribution in [0.25, 0.3) is 0 Å². The van der Waals surface area contributed by atoms with Crippen molar-refractivity contribution >= 4 is 21.9 Å². The Bertz CT molecular complexity index is 547. The van der Waals surface area contributed by atoms with Crippen molar-refractivity contribution in [2.45, 2.75) is 38.6 Å². The summed E-state index contributed by atoms with van der Waals surface area (Å²) >= 11 is 0. The number of carboxylic acids is 1. The Labute approximate surface area is 125 Å². The van der Waals surface area contributed by atoms with Gasteiger partial charge in [-0.05, 0) is 26.2 Å². The average Bonchev–Trinajstić information content (AvgIpc) is 2.81. The van der Waals surface area contributed by atoms with Gasteiger partial charge in [0, 0.05) is 19.6 Å². The number of carbonyl (C=O) groups is 2. The van der Waals surface area contributed by atoms with E-state index in [1.165, 1.54) is 9.21 Å². The number of sulfonamides is 1. The minimum atomic E-state index is -3.43. The highest BCUT2D eigenvalue weighted by Gasteiger charge is 2.45. The van der Waals surface area contributed by atoms with Gasteiger partial charge < -0.3 is 10.0 Å². The minimum absolute atomic E-state index is 0.148. The first kappa shape index (κ1) is 16.2. The fourth-order valence-corrected chi connectivity index (χ4v) is 4.20. The summed E-state index contributed by atoms with van der Waals surface area (Å²) in [4.78, 5) is 25.3. The van der Waals surface area contributed by atoms with Gasteiger partial charge in [0.05, 0.1) is 11.7 Å². The Morgan fingerprint density at radius 2 is 1.90 bits per heavy atom. The zero-order chi connectivity index (χ0) is 15.8. The monoisotopic (exact) mass is 318 g/mol. The summed E-state index contributed by atoms with van der Waals surface area (Å²) in [5, 5.41) is 9.22. The molecule has 7 nitrogen and oxygen atoms in total. The predicted octanol–water partition coefficient (Wildman–Crippen LogP) is 0.124. The van der Waals surface area contributed by atoms with Gasteiger partial charge in [0.15, 0.2) is 0 Å². The summed E-state index contributed by atoms with van der Waals surface area (Å²) in [5.41, 5.74) is -0.930. The maximum atomic E-state index is 12.6. The first-order chi connectivity index (χ1) is 9.65. The molecule has 2 aliphatic rings. The third-order valence-corrected chi connectivity index (χ3v) is 5.76. The van der Waals surface area contributed by atoms with Gasteiger partial charge in [0.2, 0.25) is 15.9 Å². The zero-order valence-corrected chi connectivity index (χ0v) is 13.2. The summed E-state index contributed by atoms with van der Waals surface area (Å²) in [6.07, 6.45) is 3.59. The standard InChI is InChI=1S/C13H22N2O5S/c1-13(12(17)18)6-8-14(9-13)11(16)10-5-3-4-7-15(10)21(2,19)20/h10H,3-9H2,1-2H3,(H,17,18)/t10-,13+/m1/s1. The molecule has 8 heteroatoms. The quantitative estimate of drug-likeness (QED) is 0.798. The number of aliphatic carboxylic acids is 1. The van der Waals surface area contributed by atoms with E-state index >= 15 is 0 Å². The van der Waals surface area contributed by atoms with Crippen molar-refractivity contribution in [3.8, 4) is 0 Å². The Morgan fingerprint density at radius 1 is 1.24 bits per heavy atom. The van der Waals surface area contributed by atoms with E-state index in [2.05, 4.69) is 0 Å². The number of rotatable bonds is 3. The summed E-state index contributed by atoms with van der Waals surface area (Å²) in [7, 11) is -3.43. The predicted molar refractivity (Wildman–Crippen MR) is 76.1 cm³/mol. The number of hydrogen-bond acceptors (Lipinski definition) is 4. The number of carbonyl (C=O) groups excluding carboxylic acids is 1. The molecular weight excluding hydrogens is 296 g/mol. The van der Waals surface area contributed by atoms with Gasteiger partial charge in [-0.15, -0.1) is 0 Å². The van der Waals surface area contributed by atoms with Crippen LogP contribution in [0.5, 0.6) is 0 Å². The number of amides is 1. The van der Waals surface area contributed by atoms with Gasteiger partial charge in [0.25, 0.3) is 0 Å². The van der Waals surface area contributed by atoms with Crippen LogP contribution >= 0.6 is 0 Å². The molecule has 0 aliphatic carbocycles. The van der Waals surface area contributed by atoms with Crippen LogP contribution in [0, 0.1) is 5.41 Å². The Balaban J connectivity index is 2.14. The lowest BCUT2D eigenvalue weighted by Gasteiger charge is -2.35.